The maximum absolute atomic E-state index is 6.25. The van der Waals surface area contributed by atoms with Crippen molar-refractivity contribution < 1.29 is 0 Å². The molecule has 0 bridgehead atoms. The molecule has 2 rings (SSSR count). The van der Waals surface area contributed by atoms with Gasteiger partial charge in [-0.25, -0.2) is 0 Å². The van der Waals surface area contributed by atoms with Crippen molar-refractivity contribution in [3.05, 3.63) is 29.3 Å². The van der Waals surface area contributed by atoms with Crippen LogP contribution in [0.1, 0.15) is 26.7 Å². The Hall–Kier alpha value is -0.770. The van der Waals surface area contributed by atoms with Gasteiger partial charge in [-0.2, -0.15) is 0 Å². The quantitative estimate of drug-likeness (QED) is 0.876. The Balaban J connectivity index is 2.00. The Morgan fingerprint density at radius 3 is 2.50 bits per heavy atom. The summed E-state index contributed by atoms with van der Waals surface area (Å²) < 4.78 is 0. The van der Waals surface area contributed by atoms with Crippen molar-refractivity contribution in [1.29, 1.82) is 0 Å². The lowest BCUT2D eigenvalue weighted by atomic mass is 9.87. The fourth-order valence-electron chi connectivity index (χ4n) is 2.91. The molecule has 1 heterocycles. The van der Waals surface area contributed by atoms with Crippen LogP contribution in [0.4, 0.5) is 5.69 Å². The SMILES string of the molecule is CC(C)CN1CCC(CN)(Nc2ccccc2Cl)CC1. The predicted octanol–water partition coefficient (Wildman–Crippen LogP) is 3.20. The summed E-state index contributed by atoms with van der Waals surface area (Å²) in [5.74, 6) is 0.719. The van der Waals surface area contributed by atoms with Crippen LogP contribution >= 0.6 is 11.6 Å². The van der Waals surface area contributed by atoms with Gasteiger partial charge in [0.05, 0.1) is 16.2 Å². The van der Waals surface area contributed by atoms with Crippen molar-refractivity contribution in [1.82, 2.24) is 4.90 Å². The molecule has 0 amide bonds. The lowest BCUT2D eigenvalue weighted by Gasteiger charge is -2.43. The summed E-state index contributed by atoms with van der Waals surface area (Å²) in [7, 11) is 0. The third kappa shape index (κ3) is 3.87. The first-order chi connectivity index (χ1) is 9.54. The van der Waals surface area contributed by atoms with Crippen LogP contribution in [0.15, 0.2) is 24.3 Å². The lowest BCUT2D eigenvalue weighted by molar-refractivity contribution is 0.161. The number of hydrogen-bond acceptors (Lipinski definition) is 3. The maximum Gasteiger partial charge on any atom is 0.0637 e. The van der Waals surface area contributed by atoms with Gasteiger partial charge in [-0.05, 0) is 30.9 Å². The molecule has 0 radical (unpaired) electrons. The normalized spacial score (nSPS) is 19.2. The summed E-state index contributed by atoms with van der Waals surface area (Å²) in [6.07, 6.45) is 2.14. The smallest absolute Gasteiger partial charge is 0.0637 e. The monoisotopic (exact) mass is 295 g/mol. The van der Waals surface area contributed by atoms with Crippen LogP contribution in [0.5, 0.6) is 0 Å². The first-order valence-corrected chi connectivity index (χ1v) is 7.87. The molecule has 1 aliphatic rings. The molecule has 0 atom stereocenters. The Kier molecular flexibility index (Phi) is 5.30. The van der Waals surface area contributed by atoms with Crippen LogP contribution in [0.2, 0.25) is 5.02 Å². The van der Waals surface area contributed by atoms with Crippen molar-refractivity contribution in [2.75, 3.05) is 31.5 Å². The maximum atomic E-state index is 6.25. The number of anilines is 1. The van der Waals surface area contributed by atoms with Crippen LogP contribution in [0.3, 0.4) is 0 Å². The van der Waals surface area contributed by atoms with E-state index in [1.165, 1.54) is 6.54 Å². The minimum atomic E-state index is -0.0154. The van der Waals surface area contributed by atoms with Gasteiger partial charge >= 0.3 is 0 Å². The van der Waals surface area contributed by atoms with E-state index in [9.17, 15) is 0 Å². The summed E-state index contributed by atoms with van der Waals surface area (Å²) >= 11 is 6.25. The second kappa shape index (κ2) is 6.79. The van der Waals surface area contributed by atoms with Gasteiger partial charge in [-0.3, -0.25) is 0 Å². The molecule has 1 aromatic rings. The summed E-state index contributed by atoms with van der Waals surface area (Å²) in [4.78, 5) is 2.53. The van der Waals surface area contributed by atoms with Crippen LogP contribution in [-0.2, 0) is 0 Å². The number of hydrogen-bond donors (Lipinski definition) is 2. The first-order valence-electron chi connectivity index (χ1n) is 7.50. The largest absolute Gasteiger partial charge is 0.377 e. The van der Waals surface area contributed by atoms with E-state index in [0.717, 1.165) is 42.6 Å². The lowest BCUT2D eigenvalue weighted by Crippen LogP contribution is -2.54. The number of nitrogens with zero attached hydrogens (tertiary/aromatic N) is 1. The molecule has 0 aliphatic carbocycles. The van der Waals surface area contributed by atoms with E-state index in [1.807, 2.05) is 24.3 Å². The van der Waals surface area contributed by atoms with Gasteiger partial charge in [-0.15, -0.1) is 0 Å². The van der Waals surface area contributed by atoms with Gasteiger partial charge in [0.25, 0.3) is 0 Å². The minimum absolute atomic E-state index is 0.0154. The molecular formula is C16H26ClN3. The van der Waals surface area contributed by atoms with Gasteiger partial charge in [0.15, 0.2) is 0 Å². The predicted molar refractivity (Wildman–Crippen MR) is 87.4 cm³/mol. The van der Waals surface area contributed by atoms with E-state index in [0.29, 0.717) is 6.54 Å². The number of likely N-dealkylation sites (tertiary alicyclic amines) is 1. The molecule has 1 aliphatic heterocycles. The van der Waals surface area contributed by atoms with Gasteiger partial charge in [0, 0.05) is 26.2 Å². The number of halogens is 1. The molecular weight excluding hydrogens is 270 g/mol. The minimum Gasteiger partial charge on any atom is -0.377 e. The van der Waals surface area contributed by atoms with E-state index in [1.54, 1.807) is 0 Å². The molecule has 112 valence electrons. The molecule has 0 aromatic heterocycles. The van der Waals surface area contributed by atoms with E-state index in [4.69, 9.17) is 17.3 Å². The molecule has 0 unspecified atom stereocenters. The third-order valence-electron chi connectivity index (χ3n) is 4.10. The Morgan fingerprint density at radius 2 is 1.95 bits per heavy atom. The highest BCUT2D eigenvalue weighted by Gasteiger charge is 2.33. The number of benzene rings is 1. The zero-order valence-corrected chi connectivity index (χ0v) is 13.3. The molecule has 1 fully saturated rings. The Labute approximate surface area is 127 Å². The Bertz CT molecular complexity index is 425. The average molecular weight is 296 g/mol. The van der Waals surface area contributed by atoms with Gasteiger partial charge in [0.2, 0.25) is 0 Å². The molecule has 20 heavy (non-hydrogen) atoms. The highest BCUT2D eigenvalue weighted by molar-refractivity contribution is 6.33. The topological polar surface area (TPSA) is 41.3 Å². The van der Waals surface area contributed by atoms with Crippen LogP contribution in [0, 0.1) is 5.92 Å². The van der Waals surface area contributed by atoms with Gasteiger partial charge in [-0.1, -0.05) is 37.6 Å². The van der Waals surface area contributed by atoms with E-state index >= 15 is 0 Å². The molecule has 1 aromatic carbocycles. The van der Waals surface area contributed by atoms with Crippen molar-refractivity contribution in [3.63, 3.8) is 0 Å². The summed E-state index contributed by atoms with van der Waals surface area (Å²) in [5.41, 5.74) is 7.04. The summed E-state index contributed by atoms with van der Waals surface area (Å²) in [6, 6.07) is 7.91. The van der Waals surface area contributed by atoms with Crippen LogP contribution < -0.4 is 11.1 Å². The number of nitrogens with two attached hydrogens (primary N) is 1. The fraction of sp³-hybridized carbons (Fsp3) is 0.625. The van der Waals surface area contributed by atoms with Gasteiger partial charge < -0.3 is 16.0 Å². The van der Waals surface area contributed by atoms with Crippen LogP contribution in [0.25, 0.3) is 0 Å². The number of para-hydroxylation sites is 1. The number of nitrogens with one attached hydrogen (secondary N) is 1. The fourth-order valence-corrected chi connectivity index (χ4v) is 3.09. The van der Waals surface area contributed by atoms with Crippen molar-refractivity contribution >= 4 is 17.3 Å². The molecule has 3 N–H and O–H groups in total. The van der Waals surface area contributed by atoms with Crippen molar-refractivity contribution in [3.8, 4) is 0 Å². The van der Waals surface area contributed by atoms with E-state index in [-0.39, 0.29) is 5.54 Å². The van der Waals surface area contributed by atoms with Crippen LogP contribution in [-0.4, -0.2) is 36.6 Å². The standard InChI is InChI=1S/C16H26ClN3/c1-13(2)11-20-9-7-16(12-18,8-10-20)19-15-6-4-3-5-14(15)17/h3-6,13,19H,7-12,18H2,1-2H3. The molecule has 0 saturated carbocycles. The second-order valence-corrected chi connectivity index (χ2v) is 6.69. The molecule has 0 spiro atoms. The van der Waals surface area contributed by atoms with Crippen molar-refractivity contribution in [2.45, 2.75) is 32.2 Å². The third-order valence-corrected chi connectivity index (χ3v) is 4.43. The highest BCUT2D eigenvalue weighted by Crippen LogP contribution is 2.30. The summed E-state index contributed by atoms with van der Waals surface area (Å²) in [6.45, 7) is 8.57. The number of piperidine rings is 1. The average Bonchev–Trinajstić information content (AvgIpc) is 2.43. The van der Waals surface area contributed by atoms with E-state index in [2.05, 4.69) is 24.1 Å². The van der Waals surface area contributed by atoms with E-state index < -0.39 is 0 Å². The number of rotatable bonds is 5. The molecule has 1 saturated heterocycles. The Morgan fingerprint density at radius 1 is 1.30 bits per heavy atom. The zero-order valence-electron chi connectivity index (χ0n) is 12.5. The molecule has 3 nitrogen and oxygen atoms in total. The highest BCUT2D eigenvalue weighted by atomic mass is 35.5. The zero-order chi connectivity index (χ0) is 14.6. The van der Waals surface area contributed by atoms with Crippen molar-refractivity contribution in [2.24, 2.45) is 11.7 Å². The van der Waals surface area contributed by atoms with Gasteiger partial charge in [0.1, 0.15) is 0 Å². The first kappa shape index (κ1) is 15.6. The second-order valence-electron chi connectivity index (χ2n) is 6.28. The molecule has 4 heteroatoms. The summed E-state index contributed by atoms with van der Waals surface area (Å²) in [5, 5.41) is 4.37.